The molecule has 59 heavy (non-hydrogen) atoms. The van der Waals surface area contributed by atoms with E-state index in [2.05, 4.69) is 75.9 Å². The van der Waals surface area contributed by atoms with Gasteiger partial charge in [-0.2, -0.15) is 0 Å². The molecule has 0 N–H and O–H groups in total. The molecule has 0 aromatic heterocycles. The molecule has 2 heterocycles. The van der Waals surface area contributed by atoms with Crippen LogP contribution in [0.4, 0.5) is 11.4 Å². The van der Waals surface area contributed by atoms with Crippen molar-refractivity contribution in [1.82, 2.24) is 0 Å². The average Bonchev–Trinajstić information content (AvgIpc) is 3.40. The van der Waals surface area contributed by atoms with Gasteiger partial charge in [0.2, 0.25) is 5.72 Å². The van der Waals surface area contributed by atoms with Gasteiger partial charge >= 0.3 is 11.9 Å². The molecule has 0 saturated carbocycles. The summed E-state index contributed by atoms with van der Waals surface area (Å²) in [5, 5.41) is 12.0. The van der Waals surface area contributed by atoms with Crippen LogP contribution in [0.15, 0.2) is 115 Å². The Morgan fingerprint density at radius 1 is 0.831 bits per heavy atom. The van der Waals surface area contributed by atoms with Crippen LogP contribution in [0.25, 0.3) is 6.08 Å². The van der Waals surface area contributed by atoms with Crippen molar-refractivity contribution in [2.45, 2.75) is 90.0 Å². The van der Waals surface area contributed by atoms with Crippen LogP contribution in [-0.4, -0.2) is 29.7 Å². The molecule has 5 aromatic rings. The number of methoxy groups -OCH3 is 1. The van der Waals surface area contributed by atoms with E-state index in [4.69, 9.17) is 18.9 Å². The van der Waals surface area contributed by atoms with Crippen molar-refractivity contribution in [2.75, 3.05) is 12.0 Å². The lowest BCUT2D eigenvalue weighted by atomic mass is 9.76. The number of carbonyl (C=O) groups is 2. The Hall–Kier alpha value is -6.42. The number of hydrogen-bond acceptors (Lipinski definition) is 9. The Bertz CT molecular complexity index is 2380. The van der Waals surface area contributed by atoms with Crippen LogP contribution in [-0.2, 0) is 38.3 Å². The number of hydrogen-bond donors (Lipinski definition) is 0. The summed E-state index contributed by atoms with van der Waals surface area (Å²) < 4.78 is 23.7. The van der Waals surface area contributed by atoms with Gasteiger partial charge in [-0.05, 0) is 98.4 Å². The molecule has 1 spiro atoms. The number of non-ortho nitro benzene ring substituents is 1. The summed E-state index contributed by atoms with van der Waals surface area (Å²) >= 11 is 0. The van der Waals surface area contributed by atoms with Crippen LogP contribution in [0.2, 0.25) is 0 Å². The van der Waals surface area contributed by atoms with Crippen molar-refractivity contribution in [1.29, 1.82) is 0 Å². The van der Waals surface area contributed by atoms with Gasteiger partial charge in [0.25, 0.3) is 5.69 Å². The molecule has 0 amide bonds. The number of para-hydroxylation sites is 1. The number of anilines is 1. The number of aryl methyl sites for hydroxylation is 1. The van der Waals surface area contributed by atoms with Gasteiger partial charge in [-0.15, -0.1) is 0 Å². The van der Waals surface area contributed by atoms with Gasteiger partial charge in [-0.3, -0.25) is 19.7 Å². The highest BCUT2D eigenvalue weighted by atomic mass is 16.6. The van der Waals surface area contributed by atoms with E-state index in [1.165, 1.54) is 17.7 Å². The third-order valence-electron chi connectivity index (χ3n) is 11.8. The van der Waals surface area contributed by atoms with Gasteiger partial charge < -0.3 is 23.8 Å². The van der Waals surface area contributed by atoms with E-state index in [1.807, 2.05) is 60.7 Å². The molecule has 1 atom stereocenters. The van der Waals surface area contributed by atoms with Crippen LogP contribution in [0.5, 0.6) is 17.2 Å². The Morgan fingerprint density at radius 3 is 2.10 bits per heavy atom. The number of nitro groups is 1. The van der Waals surface area contributed by atoms with Gasteiger partial charge in [0, 0.05) is 53.7 Å². The number of nitrogens with zero attached hydrogens (tertiary/aromatic N) is 2. The SMILES string of the molecule is COc1ccc(C(C)(C)c2ccc(OC(=O)CCCCC(=O)OCc3cc([N+](=O)[O-])cc4c3OC3(C=C4)N(Cc4ccc(C)cc4)c4ccccc4C3(C)C)cc2)cc1. The summed E-state index contributed by atoms with van der Waals surface area (Å²) in [5.41, 5.74) is 5.62. The average molecular weight is 795 g/mol. The lowest BCUT2D eigenvalue weighted by Gasteiger charge is -2.47. The maximum absolute atomic E-state index is 13.0. The van der Waals surface area contributed by atoms with E-state index in [9.17, 15) is 19.7 Å². The number of unbranched alkanes of at least 4 members (excludes halogenated alkanes) is 1. The Labute approximate surface area is 345 Å². The summed E-state index contributed by atoms with van der Waals surface area (Å²) in [6, 6.07) is 35.0. The van der Waals surface area contributed by atoms with Gasteiger partial charge in [0.1, 0.15) is 23.9 Å². The fourth-order valence-corrected chi connectivity index (χ4v) is 8.12. The minimum Gasteiger partial charge on any atom is -0.497 e. The third kappa shape index (κ3) is 8.17. The summed E-state index contributed by atoms with van der Waals surface area (Å²) in [6.07, 6.45) is 4.89. The Morgan fingerprint density at radius 2 is 1.46 bits per heavy atom. The zero-order valence-corrected chi connectivity index (χ0v) is 34.5. The van der Waals surface area contributed by atoms with Crippen LogP contribution in [0.3, 0.4) is 0 Å². The first-order chi connectivity index (χ1) is 28.2. The minimum absolute atomic E-state index is 0.0664. The molecule has 0 fully saturated rings. The second-order valence-corrected chi connectivity index (χ2v) is 16.3. The number of fused-ring (bicyclic) bond motifs is 2. The fraction of sp³-hybridized carbons (Fsp3) is 0.306. The van der Waals surface area contributed by atoms with E-state index < -0.39 is 28.0 Å². The largest absolute Gasteiger partial charge is 0.497 e. The van der Waals surface area contributed by atoms with E-state index in [0.29, 0.717) is 42.0 Å². The molecule has 5 aromatic carbocycles. The number of rotatable bonds is 14. The topological polar surface area (TPSA) is 117 Å². The predicted molar refractivity (Wildman–Crippen MR) is 228 cm³/mol. The van der Waals surface area contributed by atoms with Crippen LogP contribution < -0.4 is 19.1 Å². The number of carbonyl (C=O) groups excluding carboxylic acids is 2. The van der Waals surface area contributed by atoms with E-state index in [0.717, 1.165) is 33.7 Å². The smallest absolute Gasteiger partial charge is 0.311 e. The molecule has 0 bridgehead atoms. The molecule has 1 unspecified atom stereocenters. The molecule has 0 aliphatic carbocycles. The van der Waals surface area contributed by atoms with E-state index >= 15 is 0 Å². The first-order valence-electron chi connectivity index (χ1n) is 20.0. The van der Waals surface area contributed by atoms with Crippen LogP contribution >= 0.6 is 0 Å². The standard InChI is InChI=1S/C49H50N2O8/c1-33-15-17-34(18-16-33)31-50-43-12-8-7-11-42(43)48(4,5)49(50)28-27-35-29-39(51(54)55)30-36(46(35)59-49)32-57-44(52)13-9-10-14-45(53)58-41-25-21-38(22-26-41)47(2,3)37-19-23-40(56-6)24-20-37/h7-8,11-12,15-30H,9-10,13-14,31-32H2,1-6H3. The van der Waals surface area contributed by atoms with Gasteiger partial charge in [0.15, 0.2) is 0 Å². The van der Waals surface area contributed by atoms with Crippen molar-refractivity contribution < 1.29 is 33.5 Å². The molecule has 10 heteroatoms. The predicted octanol–water partition coefficient (Wildman–Crippen LogP) is 10.5. The monoisotopic (exact) mass is 794 g/mol. The van der Waals surface area contributed by atoms with Crippen molar-refractivity contribution in [3.8, 4) is 17.2 Å². The van der Waals surface area contributed by atoms with E-state index in [1.54, 1.807) is 19.2 Å². The lowest BCUT2D eigenvalue weighted by Crippen LogP contribution is -2.59. The van der Waals surface area contributed by atoms with Crippen LogP contribution in [0, 0.1) is 17.0 Å². The van der Waals surface area contributed by atoms with E-state index in [-0.39, 0.29) is 30.6 Å². The summed E-state index contributed by atoms with van der Waals surface area (Å²) in [6.45, 7) is 10.9. The van der Waals surface area contributed by atoms with Crippen molar-refractivity contribution in [2.24, 2.45) is 0 Å². The first-order valence-corrected chi connectivity index (χ1v) is 20.0. The maximum atomic E-state index is 13.0. The molecule has 7 rings (SSSR count). The zero-order chi connectivity index (χ0) is 42.0. The second kappa shape index (κ2) is 16.4. The molecule has 0 saturated heterocycles. The van der Waals surface area contributed by atoms with Gasteiger partial charge in [-0.1, -0.05) is 86.1 Å². The van der Waals surface area contributed by atoms with Crippen molar-refractivity contribution in [3.05, 3.63) is 164 Å². The van der Waals surface area contributed by atoms with Crippen molar-refractivity contribution >= 4 is 29.4 Å². The maximum Gasteiger partial charge on any atom is 0.311 e. The number of esters is 2. The highest BCUT2D eigenvalue weighted by molar-refractivity contribution is 5.75. The quantitative estimate of drug-likeness (QED) is 0.0356. The number of ether oxygens (including phenoxy) is 4. The highest BCUT2D eigenvalue weighted by Gasteiger charge is 2.59. The minimum atomic E-state index is -0.992. The van der Waals surface area contributed by atoms with Gasteiger partial charge in [-0.25, -0.2) is 0 Å². The zero-order valence-electron chi connectivity index (χ0n) is 34.5. The fourth-order valence-electron chi connectivity index (χ4n) is 8.12. The first kappa shape index (κ1) is 40.8. The van der Waals surface area contributed by atoms with Crippen molar-refractivity contribution in [3.63, 3.8) is 0 Å². The van der Waals surface area contributed by atoms with Gasteiger partial charge in [0.05, 0.1) is 17.4 Å². The number of nitro benzene ring substituents is 1. The summed E-state index contributed by atoms with van der Waals surface area (Å²) in [4.78, 5) is 39.5. The second-order valence-electron chi connectivity index (χ2n) is 16.3. The molecule has 10 nitrogen and oxygen atoms in total. The Kier molecular flexibility index (Phi) is 11.4. The molecule has 304 valence electrons. The molecular weight excluding hydrogens is 745 g/mol. The molecule has 2 aliphatic heterocycles. The summed E-state index contributed by atoms with van der Waals surface area (Å²) in [5.74, 6) is 0.804. The summed E-state index contributed by atoms with van der Waals surface area (Å²) in [7, 11) is 1.64. The third-order valence-corrected chi connectivity index (χ3v) is 11.8. The Balaban J connectivity index is 0.977. The number of benzene rings is 5. The molecule has 2 aliphatic rings. The normalized spacial score (nSPS) is 16.2. The lowest BCUT2D eigenvalue weighted by molar-refractivity contribution is -0.385. The molecule has 0 radical (unpaired) electrons. The van der Waals surface area contributed by atoms with Crippen LogP contribution in [0.1, 0.15) is 92.3 Å². The molecular formula is C49H50N2O8. The highest BCUT2D eigenvalue weighted by Crippen LogP contribution is 2.56.